The van der Waals surface area contributed by atoms with E-state index in [9.17, 15) is 9.90 Å². The average molecular weight is 419 g/mol. The topological polar surface area (TPSA) is 49.8 Å². The van der Waals surface area contributed by atoms with Gasteiger partial charge < -0.3 is 9.84 Å². The van der Waals surface area contributed by atoms with Crippen LogP contribution in [-0.4, -0.2) is 17.6 Å². The maximum Gasteiger partial charge on any atom is 0.246 e. The van der Waals surface area contributed by atoms with E-state index >= 15 is 0 Å². The molecule has 1 atom stereocenters. The van der Waals surface area contributed by atoms with Crippen LogP contribution in [0.3, 0.4) is 0 Å². The molecule has 0 aromatic heterocycles. The van der Waals surface area contributed by atoms with Gasteiger partial charge in [-0.1, -0.05) is 78.9 Å². The molecule has 2 aliphatic rings. The number of carbonyl (C=O) groups excluding carboxylic acids is 1. The second-order valence-electron chi connectivity index (χ2n) is 8.29. The number of anilines is 1. The number of amides is 1. The average Bonchev–Trinajstić information content (AvgIpc) is 3.33. The molecule has 4 aromatic rings. The number of phenols is 1. The summed E-state index contributed by atoms with van der Waals surface area (Å²) in [5.41, 5.74) is 3.59. The van der Waals surface area contributed by atoms with E-state index in [1.165, 1.54) is 0 Å². The molecule has 4 nitrogen and oxygen atoms in total. The zero-order valence-electron chi connectivity index (χ0n) is 17.3. The molecule has 0 radical (unpaired) electrons. The fraction of sp³-hybridized carbons (Fsp3) is 0.107. The van der Waals surface area contributed by atoms with Crippen LogP contribution in [0.4, 0.5) is 5.69 Å². The predicted molar refractivity (Wildman–Crippen MR) is 123 cm³/mol. The van der Waals surface area contributed by atoms with Crippen LogP contribution in [-0.2, 0) is 10.2 Å². The Kier molecular flexibility index (Phi) is 4.08. The van der Waals surface area contributed by atoms with Crippen LogP contribution in [0.5, 0.6) is 11.5 Å². The van der Waals surface area contributed by atoms with Crippen LogP contribution in [0.15, 0.2) is 103 Å². The lowest BCUT2D eigenvalue weighted by atomic mass is 9.77. The molecule has 156 valence electrons. The summed E-state index contributed by atoms with van der Waals surface area (Å²) in [4.78, 5) is 16.3. The van der Waals surface area contributed by atoms with Crippen molar-refractivity contribution in [1.82, 2.24) is 0 Å². The van der Waals surface area contributed by atoms with Crippen molar-refractivity contribution < 1.29 is 14.6 Å². The molecule has 4 heteroatoms. The standard InChI is InChI=1S/C28H21NO3/c30-21-15-16-25-23(17-21)28(18-32-25)22-13-7-8-14-24(22)29(27(28)31)26(19-9-3-1-4-10-19)20-11-5-2-6-12-20/h1-17,26,30H,18H2/t28-/m1/s1. The van der Waals surface area contributed by atoms with Gasteiger partial charge in [-0.15, -0.1) is 0 Å². The second kappa shape index (κ2) is 6.99. The summed E-state index contributed by atoms with van der Waals surface area (Å²) in [5.74, 6) is 0.726. The van der Waals surface area contributed by atoms with Gasteiger partial charge in [0.25, 0.3) is 0 Å². The first-order chi connectivity index (χ1) is 15.7. The van der Waals surface area contributed by atoms with Crippen molar-refractivity contribution in [1.29, 1.82) is 0 Å². The maximum atomic E-state index is 14.4. The SMILES string of the molecule is O=C1N(C(c2ccccc2)c2ccccc2)c2ccccc2[C@@]12COc1ccc(O)cc12. The van der Waals surface area contributed by atoms with Crippen molar-refractivity contribution in [3.05, 3.63) is 125 Å². The molecule has 0 bridgehead atoms. The van der Waals surface area contributed by atoms with Crippen molar-refractivity contribution in [3.63, 3.8) is 0 Å². The van der Waals surface area contributed by atoms with E-state index in [4.69, 9.17) is 4.74 Å². The largest absolute Gasteiger partial charge is 0.508 e. The van der Waals surface area contributed by atoms with Gasteiger partial charge in [0.2, 0.25) is 5.91 Å². The fourth-order valence-electron chi connectivity index (χ4n) is 5.13. The number of para-hydroxylation sites is 1. The van der Waals surface area contributed by atoms with Crippen LogP contribution < -0.4 is 9.64 Å². The van der Waals surface area contributed by atoms with Gasteiger partial charge in [0, 0.05) is 11.3 Å². The van der Waals surface area contributed by atoms with Gasteiger partial charge in [0.1, 0.15) is 23.5 Å². The summed E-state index contributed by atoms with van der Waals surface area (Å²) in [6.07, 6.45) is 0. The Labute approximate surface area is 186 Å². The molecule has 32 heavy (non-hydrogen) atoms. The number of ether oxygens (including phenoxy) is 1. The zero-order chi connectivity index (χ0) is 21.7. The van der Waals surface area contributed by atoms with E-state index in [1.54, 1.807) is 18.2 Å². The molecule has 0 unspecified atom stereocenters. The molecule has 2 heterocycles. The van der Waals surface area contributed by atoms with E-state index in [2.05, 4.69) is 24.3 Å². The lowest BCUT2D eigenvalue weighted by molar-refractivity contribution is -0.122. The summed E-state index contributed by atoms with van der Waals surface area (Å²) in [7, 11) is 0. The molecule has 0 saturated carbocycles. The van der Waals surface area contributed by atoms with Gasteiger partial charge >= 0.3 is 0 Å². The minimum Gasteiger partial charge on any atom is -0.508 e. The van der Waals surface area contributed by atoms with Crippen molar-refractivity contribution in [3.8, 4) is 11.5 Å². The third-order valence-electron chi connectivity index (χ3n) is 6.56. The molecular formula is C28H21NO3. The van der Waals surface area contributed by atoms with Gasteiger partial charge in [-0.3, -0.25) is 9.69 Å². The van der Waals surface area contributed by atoms with Crippen LogP contribution in [0.1, 0.15) is 28.3 Å². The van der Waals surface area contributed by atoms with E-state index in [-0.39, 0.29) is 24.3 Å². The number of hydrogen-bond donors (Lipinski definition) is 1. The highest BCUT2D eigenvalue weighted by atomic mass is 16.5. The van der Waals surface area contributed by atoms with E-state index in [0.717, 1.165) is 27.9 Å². The molecule has 1 amide bonds. The number of benzene rings is 4. The third-order valence-corrected chi connectivity index (χ3v) is 6.56. The van der Waals surface area contributed by atoms with Gasteiger partial charge in [-0.2, -0.15) is 0 Å². The van der Waals surface area contributed by atoms with Crippen LogP contribution >= 0.6 is 0 Å². The first-order valence-electron chi connectivity index (χ1n) is 10.7. The summed E-state index contributed by atoms with van der Waals surface area (Å²) in [6.45, 7) is 0.217. The van der Waals surface area contributed by atoms with Gasteiger partial charge in [0.05, 0.1) is 6.04 Å². The number of hydrogen-bond acceptors (Lipinski definition) is 3. The Balaban J connectivity index is 1.60. The third kappa shape index (κ3) is 2.53. The molecule has 6 rings (SSSR count). The minimum atomic E-state index is -0.980. The molecule has 1 spiro atoms. The number of aromatic hydroxyl groups is 1. The van der Waals surface area contributed by atoms with Gasteiger partial charge in [-0.25, -0.2) is 0 Å². The number of fused-ring (bicyclic) bond motifs is 4. The van der Waals surface area contributed by atoms with Crippen LogP contribution in [0.2, 0.25) is 0 Å². The van der Waals surface area contributed by atoms with Gasteiger partial charge in [0.15, 0.2) is 0 Å². The minimum absolute atomic E-state index is 0.0410. The van der Waals surface area contributed by atoms with E-state index < -0.39 is 5.41 Å². The molecule has 0 saturated heterocycles. The Morgan fingerprint density at radius 1 is 0.781 bits per heavy atom. The highest BCUT2D eigenvalue weighted by Crippen LogP contribution is 2.55. The number of nitrogens with zero attached hydrogens (tertiary/aromatic N) is 1. The summed E-state index contributed by atoms with van der Waals surface area (Å²) >= 11 is 0. The van der Waals surface area contributed by atoms with E-state index in [0.29, 0.717) is 5.75 Å². The fourth-order valence-corrected chi connectivity index (χ4v) is 5.13. The first kappa shape index (κ1) is 18.7. The van der Waals surface area contributed by atoms with Crippen molar-refractivity contribution in [2.75, 3.05) is 11.5 Å². The molecule has 2 aliphatic heterocycles. The van der Waals surface area contributed by atoms with Crippen LogP contribution in [0.25, 0.3) is 0 Å². The Hall–Kier alpha value is -4.05. The van der Waals surface area contributed by atoms with Gasteiger partial charge in [-0.05, 0) is 41.0 Å². The second-order valence-corrected chi connectivity index (χ2v) is 8.29. The normalized spacial score (nSPS) is 18.7. The highest BCUT2D eigenvalue weighted by molar-refractivity contribution is 6.12. The molecule has 1 N–H and O–H groups in total. The molecule has 4 aromatic carbocycles. The van der Waals surface area contributed by atoms with Crippen LogP contribution in [0, 0.1) is 0 Å². The van der Waals surface area contributed by atoms with Crippen molar-refractivity contribution >= 4 is 11.6 Å². The van der Waals surface area contributed by atoms with Crippen molar-refractivity contribution in [2.24, 2.45) is 0 Å². The number of rotatable bonds is 3. The van der Waals surface area contributed by atoms with E-state index in [1.807, 2.05) is 65.6 Å². The molecule has 0 aliphatic carbocycles. The monoisotopic (exact) mass is 419 g/mol. The Morgan fingerprint density at radius 3 is 2.09 bits per heavy atom. The Bertz CT molecular complexity index is 1280. The summed E-state index contributed by atoms with van der Waals surface area (Å²) in [5, 5.41) is 10.2. The smallest absolute Gasteiger partial charge is 0.246 e. The predicted octanol–water partition coefficient (Wildman–Crippen LogP) is 5.21. The lowest BCUT2D eigenvalue weighted by Gasteiger charge is -2.31. The summed E-state index contributed by atoms with van der Waals surface area (Å²) in [6, 6.07) is 32.8. The molecule has 0 fully saturated rings. The highest BCUT2D eigenvalue weighted by Gasteiger charge is 2.58. The molecular weight excluding hydrogens is 398 g/mol. The Morgan fingerprint density at radius 2 is 1.41 bits per heavy atom. The summed E-state index contributed by atoms with van der Waals surface area (Å²) < 4.78 is 6.00. The zero-order valence-corrected chi connectivity index (χ0v) is 17.3. The lowest BCUT2D eigenvalue weighted by Crippen LogP contribution is -2.44. The number of phenolic OH excluding ortho intramolecular Hbond substituents is 1. The number of carbonyl (C=O) groups is 1. The van der Waals surface area contributed by atoms with Crippen molar-refractivity contribution in [2.45, 2.75) is 11.5 Å². The quantitative estimate of drug-likeness (QED) is 0.496. The maximum absolute atomic E-state index is 14.4. The first-order valence-corrected chi connectivity index (χ1v) is 10.7.